The minimum absolute atomic E-state index is 0.544. The molecule has 0 radical (unpaired) electrons. The van der Waals surface area contributed by atoms with Crippen LogP contribution in [0.1, 0.15) is 0 Å². The maximum atomic E-state index is 5.46. The van der Waals surface area contributed by atoms with E-state index in [1.165, 1.54) is 5.69 Å². The molecule has 0 bridgehead atoms. The van der Waals surface area contributed by atoms with E-state index in [1.807, 2.05) is 37.4 Å². The number of tetrazole rings is 1. The predicted octanol–water partition coefficient (Wildman–Crippen LogP) is 2.91. The Morgan fingerprint density at radius 1 is 0.968 bits per heavy atom. The highest BCUT2D eigenvalue weighted by atomic mass is 16.5. The zero-order valence-corrected chi connectivity index (χ0v) is 17.1. The number of morpholine rings is 1. The van der Waals surface area contributed by atoms with Crippen molar-refractivity contribution in [3.63, 3.8) is 0 Å². The highest BCUT2D eigenvalue weighted by Gasteiger charge is 2.12. The maximum Gasteiger partial charge on any atom is 0.227 e. The summed E-state index contributed by atoms with van der Waals surface area (Å²) in [6, 6.07) is 18.2. The number of anilines is 3. The molecule has 0 amide bonds. The number of nitrogens with zero attached hydrogens (tertiary/aromatic N) is 7. The van der Waals surface area contributed by atoms with Crippen molar-refractivity contribution in [3.05, 3.63) is 60.8 Å². The SMILES string of the molecule is Cn1nnnc1-c1ccc(Nc2nccc(-c3cccc(N4CCOCC4)c3)n2)cc1. The van der Waals surface area contributed by atoms with Gasteiger partial charge in [0.2, 0.25) is 5.95 Å². The van der Waals surface area contributed by atoms with Crippen molar-refractivity contribution >= 4 is 17.3 Å². The fourth-order valence-electron chi connectivity index (χ4n) is 3.57. The molecule has 4 aromatic rings. The summed E-state index contributed by atoms with van der Waals surface area (Å²) in [6.07, 6.45) is 1.77. The lowest BCUT2D eigenvalue weighted by molar-refractivity contribution is 0.122. The van der Waals surface area contributed by atoms with Crippen LogP contribution >= 0.6 is 0 Å². The lowest BCUT2D eigenvalue weighted by atomic mass is 10.1. The van der Waals surface area contributed by atoms with Gasteiger partial charge < -0.3 is 15.0 Å². The van der Waals surface area contributed by atoms with Crippen LogP contribution in [0, 0.1) is 0 Å². The Morgan fingerprint density at radius 2 is 1.81 bits per heavy atom. The number of hydrogen-bond donors (Lipinski definition) is 1. The van der Waals surface area contributed by atoms with E-state index in [4.69, 9.17) is 9.72 Å². The average molecular weight is 414 g/mol. The fraction of sp³-hybridized carbons (Fsp3) is 0.227. The first-order valence-electron chi connectivity index (χ1n) is 10.1. The molecule has 31 heavy (non-hydrogen) atoms. The summed E-state index contributed by atoms with van der Waals surface area (Å²) in [6.45, 7) is 3.33. The number of hydrogen-bond acceptors (Lipinski definition) is 8. The minimum Gasteiger partial charge on any atom is -0.378 e. The highest BCUT2D eigenvalue weighted by molar-refractivity contribution is 5.68. The monoisotopic (exact) mass is 414 g/mol. The average Bonchev–Trinajstić information content (AvgIpc) is 3.26. The van der Waals surface area contributed by atoms with Crippen molar-refractivity contribution in [1.29, 1.82) is 0 Å². The van der Waals surface area contributed by atoms with E-state index in [1.54, 1.807) is 10.9 Å². The van der Waals surface area contributed by atoms with E-state index in [0.29, 0.717) is 11.8 Å². The summed E-state index contributed by atoms with van der Waals surface area (Å²) >= 11 is 0. The summed E-state index contributed by atoms with van der Waals surface area (Å²) in [5, 5.41) is 14.9. The van der Waals surface area contributed by atoms with Crippen molar-refractivity contribution in [3.8, 4) is 22.6 Å². The van der Waals surface area contributed by atoms with Gasteiger partial charge in [-0.15, -0.1) is 5.10 Å². The molecule has 0 atom stereocenters. The van der Waals surface area contributed by atoms with Gasteiger partial charge in [-0.3, -0.25) is 0 Å². The first kappa shape index (κ1) is 19.1. The standard InChI is InChI=1S/C22H22N8O/c1-29-21(26-27-28-29)16-5-7-18(8-6-16)24-22-23-10-9-20(25-22)17-3-2-4-19(15-17)30-11-13-31-14-12-30/h2-10,15H,11-14H2,1H3,(H,23,24,25). The third-order valence-corrected chi connectivity index (χ3v) is 5.19. The van der Waals surface area contributed by atoms with Gasteiger partial charge in [0.1, 0.15) is 0 Å². The molecule has 2 aromatic heterocycles. The van der Waals surface area contributed by atoms with E-state index in [2.05, 4.69) is 55.0 Å². The molecule has 9 heteroatoms. The van der Waals surface area contributed by atoms with Gasteiger partial charge in [-0.05, 0) is 52.9 Å². The Bertz CT molecular complexity index is 1170. The van der Waals surface area contributed by atoms with Gasteiger partial charge in [0, 0.05) is 48.8 Å². The van der Waals surface area contributed by atoms with E-state index < -0.39 is 0 Å². The molecule has 1 fully saturated rings. The zero-order valence-electron chi connectivity index (χ0n) is 17.1. The van der Waals surface area contributed by atoms with Crippen LogP contribution in [0.5, 0.6) is 0 Å². The third kappa shape index (κ3) is 4.22. The lowest BCUT2D eigenvalue weighted by Crippen LogP contribution is -2.36. The van der Waals surface area contributed by atoms with Crippen LogP contribution < -0.4 is 10.2 Å². The van der Waals surface area contributed by atoms with Gasteiger partial charge in [0.05, 0.1) is 18.9 Å². The predicted molar refractivity (Wildman–Crippen MR) is 118 cm³/mol. The molecule has 0 spiro atoms. The second-order valence-electron chi connectivity index (χ2n) is 7.24. The van der Waals surface area contributed by atoms with E-state index in [9.17, 15) is 0 Å². The van der Waals surface area contributed by atoms with Gasteiger partial charge >= 0.3 is 0 Å². The fourth-order valence-corrected chi connectivity index (χ4v) is 3.57. The number of aromatic nitrogens is 6. The largest absolute Gasteiger partial charge is 0.378 e. The van der Waals surface area contributed by atoms with Crippen LogP contribution in [0.15, 0.2) is 60.8 Å². The summed E-state index contributed by atoms with van der Waals surface area (Å²) < 4.78 is 7.10. The molecular weight excluding hydrogens is 392 g/mol. The zero-order chi connectivity index (χ0) is 21.0. The number of rotatable bonds is 5. The molecule has 5 rings (SSSR count). The first-order valence-corrected chi connectivity index (χ1v) is 10.1. The normalized spacial score (nSPS) is 13.9. The second kappa shape index (κ2) is 8.49. The van der Waals surface area contributed by atoms with Gasteiger partial charge in [0.15, 0.2) is 5.82 Å². The van der Waals surface area contributed by atoms with Crippen molar-refractivity contribution in [2.24, 2.45) is 7.05 Å². The Hall–Kier alpha value is -3.85. The van der Waals surface area contributed by atoms with E-state index in [0.717, 1.165) is 48.8 Å². The molecule has 0 aliphatic carbocycles. The van der Waals surface area contributed by atoms with Gasteiger partial charge in [-0.1, -0.05) is 12.1 Å². The molecule has 1 N–H and O–H groups in total. The summed E-state index contributed by atoms with van der Waals surface area (Å²) in [7, 11) is 1.81. The summed E-state index contributed by atoms with van der Waals surface area (Å²) in [5.41, 5.74) is 4.93. The van der Waals surface area contributed by atoms with Crippen LogP contribution in [0.3, 0.4) is 0 Å². The van der Waals surface area contributed by atoms with Crippen LogP contribution in [0.25, 0.3) is 22.6 Å². The molecular formula is C22H22N8O. The Kier molecular flexibility index (Phi) is 5.24. The number of nitrogens with one attached hydrogen (secondary N) is 1. The summed E-state index contributed by atoms with van der Waals surface area (Å²) in [4.78, 5) is 11.4. The molecule has 9 nitrogen and oxygen atoms in total. The lowest BCUT2D eigenvalue weighted by Gasteiger charge is -2.29. The highest BCUT2D eigenvalue weighted by Crippen LogP contribution is 2.25. The molecule has 1 aliphatic heterocycles. The molecule has 3 heterocycles. The quantitative estimate of drug-likeness (QED) is 0.533. The van der Waals surface area contributed by atoms with Crippen molar-refractivity contribution in [2.75, 3.05) is 36.5 Å². The Morgan fingerprint density at radius 3 is 2.58 bits per heavy atom. The molecule has 1 aliphatic rings. The van der Waals surface area contributed by atoms with Gasteiger partial charge in [0.25, 0.3) is 0 Å². The number of aryl methyl sites for hydroxylation is 1. The molecule has 0 saturated carbocycles. The maximum absolute atomic E-state index is 5.46. The van der Waals surface area contributed by atoms with E-state index in [-0.39, 0.29) is 0 Å². The minimum atomic E-state index is 0.544. The number of ether oxygens (including phenoxy) is 1. The molecule has 2 aromatic carbocycles. The first-order chi connectivity index (χ1) is 15.3. The molecule has 1 saturated heterocycles. The molecule has 156 valence electrons. The topological polar surface area (TPSA) is 93.9 Å². The van der Waals surface area contributed by atoms with Crippen LogP contribution in [-0.2, 0) is 11.8 Å². The Labute approximate surface area is 179 Å². The smallest absolute Gasteiger partial charge is 0.227 e. The Balaban J connectivity index is 1.34. The number of benzene rings is 2. The van der Waals surface area contributed by atoms with Gasteiger partial charge in [-0.2, -0.15) is 0 Å². The van der Waals surface area contributed by atoms with Gasteiger partial charge in [-0.25, -0.2) is 14.6 Å². The second-order valence-corrected chi connectivity index (χ2v) is 7.24. The van der Waals surface area contributed by atoms with Crippen molar-refractivity contribution in [2.45, 2.75) is 0 Å². The van der Waals surface area contributed by atoms with Crippen LogP contribution in [0.2, 0.25) is 0 Å². The third-order valence-electron chi connectivity index (χ3n) is 5.19. The molecule has 0 unspecified atom stereocenters. The summed E-state index contributed by atoms with van der Waals surface area (Å²) in [5.74, 6) is 1.26. The van der Waals surface area contributed by atoms with E-state index >= 15 is 0 Å². The van der Waals surface area contributed by atoms with Crippen LogP contribution in [-0.4, -0.2) is 56.5 Å². The van der Waals surface area contributed by atoms with Crippen molar-refractivity contribution in [1.82, 2.24) is 30.2 Å². The van der Waals surface area contributed by atoms with Crippen molar-refractivity contribution < 1.29 is 4.74 Å². The van der Waals surface area contributed by atoms with Crippen LogP contribution in [0.4, 0.5) is 17.3 Å².